The van der Waals surface area contributed by atoms with Crippen molar-refractivity contribution in [3.05, 3.63) is 47.5 Å². The monoisotopic (exact) mass is 300 g/mol. The van der Waals surface area contributed by atoms with E-state index in [0.29, 0.717) is 12.6 Å². The second-order valence-electron chi connectivity index (χ2n) is 6.00. The van der Waals surface area contributed by atoms with Crippen LogP contribution in [0, 0.1) is 6.92 Å². The zero-order valence-electron chi connectivity index (χ0n) is 13.1. The van der Waals surface area contributed by atoms with Crippen molar-refractivity contribution in [3.63, 3.8) is 0 Å². The summed E-state index contributed by atoms with van der Waals surface area (Å²) < 4.78 is 2.27. The summed E-state index contributed by atoms with van der Waals surface area (Å²) in [6.45, 7) is 4.54. The molecule has 1 saturated carbocycles. The third-order valence-corrected chi connectivity index (χ3v) is 4.19. The van der Waals surface area contributed by atoms with Gasteiger partial charge < -0.3 is 9.67 Å². The van der Waals surface area contributed by atoms with Gasteiger partial charge in [-0.3, -0.25) is 4.90 Å². The highest BCUT2D eigenvalue weighted by atomic mass is 16.3. The molecule has 1 aliphatic carbocycles. The number of benzene rings is 1. The summed E-state index contributed by atoms with van der Waals surface area (Å²) in [5.41, 5.74) is 1.32. The summed E-state index contributed by atoms with van der Waals surface area (Å²) in [5, 5.41) is 17.9. The zero-order chi connectivity index (χ0) is 15.4. The van der Waals surface area contributed by atoms with Gasteiger partial charge in [-0.1, -0.05) is 30.3 Å². The molecule has 0 atom stereocenters. The Kier molecular flexibility index (Phi) is 4.85. The highest BCUT2D eigenvalue weighted by molar-refractivity contribution is 5.15. The highest BCUT2D eigenvalue weighted by Gasteiger charge is 2.28. The number of nitrogens with zero attached hydrogens (tertiary/aromatic N) is 4. The Balaban J connectivity index is 1.64. The van der Waals surface area contributed by atoms with Crippen LogP contribution in [-0.2, 0) is 13.0 Å². The minimum atomic E-state index is 0.172. The summed E-state index contributed by atoms with van der Waals surface area (Å²) in [5.74, 6) is 2.03. The van der Waals surface area contributed by atoms with Gasteiger partial charge in [0.2, 0.25) is 0 Å². The van der Waals surface area contributed by atoms with E-state index in [-0.39, 0.29) is 6.61 Å². The molecule has 2 aromatic rings. The number of aromatic nitrogens is 3. The molecule has 5 nitrogen and oxygen atoms in total. The van der Waals surface area contributed by atoms with E-state index >= 15 is 0 Å². The highest BCUT2D eigenvalue weighted by Crippen LogP contribution is 2.36. The minimum absolute atomic E-state index is 0.172. The summed E-state index contributed by atoms with van der Waals surface area (Å²) in [6, 6.07) is 11.1. The topological polar surface area (TPSA) is 54.2 Å². The molecule has 0 saturated heterocycles. The fourth-order valence-corrected chi connectivity index (χ4v) is 2.87. The van der Waals surface area contributed by atoms with Crippen LogP contribution in [0.1, 0.15) is 36.1 Å². The third kappa shape index (κ3) is 3.72. The molecular formula is C17H24N4O. The Bertz CT molecular complexity index is 592. The molecule has 1 N–H and O–H groups in total. The Hall–Kier alpha value is -1.72. The molecule has 0 spiro atoms. The predicted octanol–water partition coefficient (Wildman–Crippen LogP) is 1.96. The van der Waals surface area contributed by atoms with E-state index in [1.807, 2.05) is 13.0 Å². The maximum Gasteiger partial charge on any atom is 0.147 e. The molecule has 0 radical (unpaired) electrons. The van der Waals surface area contributed by atoms with Crippen molar-refractivity contribution in [1.82, 2.24) is 19.7 Å². The molecule has 5 heteroatoms. The first-order valence-corrected chi connectivity index (χ1v) is 8.05. The van der Waals surface area contributed by atoms with Crippen molar-refractivity contribution in [1.29, 1.82) is 0 Å². The van der Waals surface area contributed by atoms with Crippen molar-refractivity contribution in [2.45, 2.75) is 38.8 Å². The van der Waals surface area contributed by atoms with Crippen LogP contribution in [0.3, 0.4) is 0 Å². The largest absolute Gasteiger partial charge is 0.395 e. The molecule has 1 fully saturated rings. The molecule has 0 unspecified atom stereocenters. The fourth-order valence-electron chi connectivity index (χ4n) is 2.87. The smallest absolute Gasteiger partial charge is 0.147 e. The molecule has 118 valence electrons. The minimum Gasteiger partial charge on any atom is -0.395 e. The van der Waals surface area contributed by atoms with Crippen LogP contribution in [0.15, 0.2) is 30.3 Å². The van der Waals surface area contributed by atoms with Gasteiger partial charge in [0.1, 0.15) is 11.6 Å². The summed E-state index contributed by atoms with van der Waals surface area (Å²) in [6.07, 6.45) is 3.45. The Morgan fingerprint density at radius 1 is 1.18 bits per heavy atom. The van der Waals surface area contributed by atoms with Crippen LogP contribution in [-0.4, -0.2) is 44.5 Å². The third-order valence-electron chi connectivity index (χ3n) is 4.19. The molecule has 1 aromatic heterocycles. The standard InChI is InChI=1S/C17H24N4O/c1-14-18-19-17(21(14)16-7-8-16)13-20(11-12-22)10-9-15-5-3-2-4-6-15/h2-6,16,22H,7-13H2,1H3. The quantitative estimate of drug-likeness (QED) is 0.810. The molecule has 0 bridgehead atoms. The van der Waals surface area contributed by atoms with Crippen LogP contribution >= 0.6 is 0 Å². The Labute approximate surface area is 131 Å². The van der Waals surface area contributed by atoms with Gasteiger partial charge in [0.25, 0.3) is 0 Å². The van der Waals surface area contributed by atoms with Crippen LogP contribution in [0.2, 0.25) is 0 Å². The van der Waals surface area contributed by atoms with E-state index in [1.165, 1.54) is 18.4 Å². The number of aliphatic hydroxyl groups is 1. The maximum atomic E-state index is 9.32. The average Bonchev–Trinajstić information content (AvgIpc) is 3.30. The van der Waals surface area contributed by atoms with Gasteiger partial charge in [-0.05, 0) is 31.7 Å². The van der Waals surface area contributed by atoms with E-state index < -0.39 is 0 Å². The van der Waals surface area contributed by atoms with Crippen LogP contribution in [0.5, 0.6) is 0 Å². The Morgan fingerprint density at radius 3 is 2.64 bits per heavy atom. The number of hydrogen-bond acceptors (Lipinski definition) is 4. The molecule has 1 heterocycles. The van der Waals surface area contributed by atoms with Gasteiger partial charge in [-0.25, -0.2) is 0 Å². The zero-order valence-corrected chi connectivity index (χ0v) is 13.1. The number of rotatable bonds is 8. The summed E-state index contributed by atoms with van der Waals surface area (Å²) in [7, 11) is 0. The first-order chi connectivity index (χ1) is 10.8. The van der Waals surface area contributed by atoms with Crippen molar-refractivity contribution < 1.29 is 5.11 Å². The van der Waals surface area contributed by atoms with E-state index in [0.717, 1.165) is 31.2 Å². The van der Waals surface area contributed by atoms with Crippen LogP contribution in [0.25, 0.3) is 0 Å². The van der Waals surface area contributed by atoms with E-state index in [2.05, 4.69) is 43.9 Å². The lowest BCUT2D eigenvalue weighted by Crippen LogP contribution is -2.30. The fraction of sp³-hybridized carbons (Fsp3) is 0.529. The van der Waals surface area contributed by atoms with Crippen molar-refractivity contribution in [2.24, 2.45) is 0 Å². The predicted molar refractivity (Wildman–Crippen MR) is 85.5 cm³/mol. The van der Waals surface area contributed by atoms with Gasteiger partial charge in [-0.2, -0.15) is 0 Å². The van der Waals surface area contributed by atoms with Crippen molar-refractivity contribution in [2.75, 3.05) is 19.7 Å². The molecule has 0 amide bonds. The van der Waals surface area contributed by atoms with Gasteiger partial charge >= 0.3 is 0 Å². The lowest BCUT2D eigenvalue weighted by molar-refractivity contribution is 0.187. The van der Waals surface area contributed by atoms with Gasteiger partial charge in [0, 0.05) is 19.1 Å². The lowest BCUT2D eigenvalue weighted by Gasteiger charge is -2.21. The molecule has 0 aliphatic heterocycles. The van der Waals surface area contributed by atoms with Gasteiger partial charge in [0.15, 0.2) is 0 Å². The first-order valence-electron chi connectivity index (χ1n) is 8.05. The molecular weight excluding hydrogens is 276 g/mol. The van der Waals surface area contributed by atoms with Crippen LogP contribution < -0.4 is 0 Å². The van der Waals surface area contributed by atoms with E-state index in [1.54, 1.807) is 0 Å². The van der Waals surface area contributed by atoms with Crippen molar-refractivity contribution in [3.8, 4) is 0 Å². The Morgan fingerprint density at radius 2 is 1.95 bits per heavy atom. The first kappa shape index (κ1) is 15.2. The average molecular weight is 300 g/mol. The van der Waals surface area contributed by atoms with E-state index in [4.69, 9.17) is 0 Å². The number of aliphatic hydroxyl groups excluding tert-OH is 1. The second-order valence-corrected chi connectivity index (χ2v) is 6.00. The summed E-state index contributed by atoms with van der Waals surface area (Å²) >= 11 is 0. The normalized spacial score (nSPS) is 14.7. The van der Waals surface area contributed by atoms with Crippen LogP contribution in [0.4, 0.5) is 0 Å². The van der Waals surface area contributed by atoms with E-state index in [9.17, 15) is 5.11 Å². The molecule has 22 heavy (non-hydrogen) atoms. The number of hydrogen-bond donors (Lipinski definition) is 1. The molecule has 1 aromatic carbocycles. The van der Waals surface area contributed by atoms with Crippen molar-refractivity contribution >= 4 is 0 Å². The molecule has 3 rings (SSSR count). The summed E-state index contributed by atoms with van der Waals surface area (Å²) in [4.78, 5) is 2.26. The van der Waals surface area contributed by atoms with Gasteiger partial charge in [0.05, 0.1) is 13.2 Å². The van der Waals surface area contributed by atoms with Gasteiger partial charge in [-0.15, -0.1) is 10.2 Å². The maximum absolute atomic E-state index is 9.32. The number of aryl methyl sites for hydroxylation is 1. The molecule has 1 aliphatic rings. The second kappa shape index (κ2) is 7.03. The SMILES string of the molecule is Cc1nnc(CN(CCO)CCc2ccccc2)n1C1CC1. The lowest BCUT2D eigenvalue weighted by atomic mass is 10.1.